The Bertz CT molecular complexity index is 211. The summed E-state index contributed by atoms with van der Waals surface area (Å²) in [5.74, 6) is 0. The summed E-state index contributed by atoms with van der Waals surface area (Å²) in [6, 6.07) is -1.34. The van der Waals surface area contributed by atoms with E-state index in [0.29, 0.717) is 11.8 Å². The molecule has 0 aromatic heterocycles. The van der Waals surface area contributed by atoms with Crippen LogP contribution in [0.3, 0.4) is 0 Å². The summed E-state index contributed by atoms with van der Waals surface area (Å²) in [7, 11) is 0. The second-order valence-corrected chi connectivity index (χ2v) is 1.96. The Morgan fingerprint density at radius 3 is 2.75 bits per heavy atom. The number of nitrogens with two attached hydrogens (primary N) is 1. The van der Waals surface area contributed by atoms with Crippen molar-refractivity contribution in [3.8, 4) is 0 Å². The van der Waals surface area contributed by atoms with Crippen LogP contribution in [0.1, 0.15) is 11.9 Å². The second kappa shape index (κ2) is 3.33. The van der Waals surface area contributed by atoms with Crippen molar-refractivity contribution >= 4 is 29.3 Å². The van der Waals surface area contributed by atoms with Crippen molar-refractivity contribution in [2.45, 2.75) is 12.4 Å². The number of rotatable bonds is 0. The molecule has 0 aromatic carbocycles. The van der Waals surface area contributed by atoms with Gasteiger partial charge in [0.25, 0.3) is 0 Å². The Hall–Kier alpha value is 0.270. The van der Waals surface area contributed by atoms with Gasteiger partial charge in [-0.1, -0.05) is 11.8 Å². The van der Waals surface area contributed by atoms with E-state index in [9.17, 15) is 4.79 Å². The molecular formula is C4H8ClNOS. The highest BCUT2D eigenvalue weighted by Gasteiger charge is 2.19. The normalized spacial score (nSPS) is 47.6. The molecule has 8 heavy (non-hydrogen) atoms. The van der Waals surface area contributed by atoms with E-state index in [4.69, 9.17) is 11.2 Å². The minimum Gasteiger partial charge on any atom is -0.321 e. The Morgan fingerprint density at radius 1 is 2.00 bits per heavy atom. The highest BCUT2D eigenvalue weighted by molar-refractivity contribution is 8.14. The first-order chi connectivity index (χ1) is 4.79. The van der Waals surface area contributed by atoms with Gasteiger partial charge in [-0.3, -0.25) is 4.79 Å². The molecule has 0 aliphatic carbocycles. The monoisotopic (exact) mass is 157 g/mol. The Kier molecular flexibility index (Phi) is 1.43. The molecule has 0 bridgehead atoms. The van der Waals surface area contributed by atoms with Gasteiger partial charge in [0.05, 0.1) is 6.04 Å². The van der Waals surface area contributed by atoms with Crippen LogP contribution in [-0.2, 0) is 4.79 Å². The lowest BCUT2D eigenvalue weighted by Crippen LogP contribution is -2.22. The quantitative estimate of drug-likeness (QED) is 0.554. The fourth-order valence-corrected chi connectivity index (χ4v) is 0.738. The third kappa shape index (κ3) is 1.65. The molecule has 0 radical (unpaired) electrons. The molecule has 1 fully saturated rings. The van der Waals surface area contributed by atoms with Crippen LogP contribution >= 0.6 is 24.2 Å². The van der Waals surface area contributed by atoms with Crippen molar-refractivity contribution in [3.63, 3.8) is 0 Å². The lowest BCUT2D eigenvalue weighted by molar-refractivity contribution is -0.111. The van der Waals surface area contributed by atoms with Gasteiger partial charge >= 0.3 is 0 Å². The maximum absolute atomic E-state index is 10.8. The van der Waals surface area contributed by atoms with E-state index in [2.05, 4.69) is 0 Å². The van der Waals surface area contributed by atoms with Crippen LogP contribution in [0.4, 0.5) is 0 Å². The largest absolute Gasteiger partial charge is 0.321 e. The number of hydrogen-bond donors (Lipinski definition) is 1. The van der Waals surface area contributed by atoms with Crippen molar-refractivity contribution in [2.75, 3.05) is 5.70 Å². The molecule has 1 heterocycles. The maximum atomic E-state index is 10.8. The number of thioether (sulfide) groups is 1. The molecular weight excluding hydrogens is 146 g/mol. The highest BCUT2D eigenvalue weighted by atomic mass is 35.5. The molecule has 1 aliphatic heterocycles. The SMILES string of the molecule is Cl.[2H]C1([2H])SC(=O)[C@@H](N)C1([2H])[2H]. The minimum absolute atomic E-state index is 0. The number of hydrogen-bond acceptors (Lipinski definition) is 3. The first kappa shape index (κ1) is 3.44. The van der Waals surface area contributed by atoms with Crippen molar-refractivity contribution in [2.24, 2.45) is 5.73 Å². The zero-order chi connectivity index (χ0) is 8.86. The average Bonchev–Trinajstić information content (AvgIpc) is 1.93. The molecule has 0 spiro atoms. The van der Waals surface area contributed by atoms with E-state index in [-0.39, 0.29) is 12.4 Å². The molecule has 48 valence electrons. The molecule has 1 atom stereocenters. The summed E-state index contributed by atoms with van der Waals surface area (Å²) >= 11 is 0.332. The fraction of sp³-hybridized carbons (Fsp3) is 0.750. The first-order valence-corrected chi connectivity index (χ1v) is 2.59. The Morgan fingerprint density at radius 2 is 2.62 bits per heavy atom. The van der Waals surface area contributed by atoms with E-state index >= 15 is 0 Å². The number of carbonyl (C=O) groups excluding carboxylic acids is 1. The molecule has 1 saturated heterocycles. The van der Waals surface area contributed by atoms with Crippen LogP contribution < -0.4 is 5.73 Å². The van der Waals surface area contributed by atoms with E-state index in [1.54, 1.807) is 0 Å². The molecule has 2 N–H and O–H groups in total. The topological polar surface area (TPSA) is 43.1 Å². The van der Waals surface area contributed by atoms with Crippen LogP contribution in [0.2, 0.25) is 0 Å². The van der Waals surface area contributed by atoms with Gasteiger partial charge in [0.15, 0.2) is 0 Å². The van der Waals surface area contributed by atoms with Gasteiger partial charge in [-0.15, -0.1) is 12.4 Å². The van der Waals surface area contributed by atoms with Gasteiger partial charge in [0, 0.05) is 11.2 Å². The summed E-state index contributed by atoms with van der Waals surface area (Å²) < 4.78 is 28.5. The molecule has 2 nitrogen and oxygen atoms in total. The molecule has 1 aliphatic rings. The van der Waals surface area contributed by atoms with Gasteiger partial charge in [-0.25, -0.2) is 0 Å². The van der Waals surface area contributed by atoms with Crippen molar-refractivity contribution in [3.05, 3.63) is 0 Å². The number of carbonyl (C=O) groups is 1. The molecule has 0 saturated carbocycles. The Labute approximate surface area is 64.2 Å². The zero-order valence-corrected chi connectivity index (χ0v) is 5.51. The molecule has 0 unspecified atom stereocenters. The summed E-state index contributed by atoms with van der Waals surface area (Å²) in [4.78, 5) is 10.8. The smallest absolute Gasteiger partial charge is 0.205 e. The van der Waals surface area contributed by atoms with Gasteiger partial charge in [-0.05, 0) is 6.37 Å². The third-order valence-corrected chi connectivity index (χ3v) is 1.30. The van der Waals surface area contributed by atoms with Gasteiger partial charge < -0.3 is 5.73 Å². The summed E-state index contributed by atoms with van der Waals surface area (Å²) in [5, 5.41) is -0.625. The third-order valence-electron chi connectivity index (χ3n) is 0.620. The summed E-state index contributed by atoms with van der Waals surface area (Å²) in [6.07, 6.45) is -2.26. The van der Waals surface area contributed by atoms with Crippen molar-refractivity contribution < 1.29 is 10.3 Å². The van der Waals surface area contributed by atoms with E-state index < -0.39 is 23.2 Å². The highest BCUT2D eigenvalue weighted by Crippen LogP contribution is 2.16. The minimum atomic E-state index is -2.26. The van der Waals surface area contributed by atoms with Gasteiger partial charge in [0.2, 0.25) is 5.12 Å². The fourth-order valence-electron chi connectivity index (χ4n) is 0.266. The second-order valence-electron chi connectivity index (χ2n) is 1.15. The van der Waals surface area contributed by atoms with Crippen LogP contribution in [0.25, 0.3) is 0 Å². The molecule has 1 rings (SSSR count). The van der Waals surface area contributed by atoms with Crippen LogP contribution in [0, 0.1) is 0 Å². The average molecular weight is 158 g/mol. The van der Waals surface area contributed by atoms with E-state index in [1.165, 1.54) is 0 Å². The lowest BCUT2D eigenvalue weighted by Gasteiger charge is -1.90. The van der Waals surface area contributed by atoms with Crippen LogP contribution in [0.15, 0.2) is 0 Å². The first-order valence-electron chi connectivity index (χ1n) is 3.77. The van der Waals surface area contributed by atoms with E-state index in [1.807, 2.05) is 0 Å². The summed E-state index contributed by atoms with van der Waals surface area (Å²) in [6.45, 7) is 0. The zero-order valence-electron chi connectivity index (χ0n) is 7.88. The maximum Gasteiger partial charge on any atom is 0.205 e. The predicted molar refractivity (Wildman–Crippen MR) is 37.3 cm³/mol. The Balaban J connectivity index is 0.00000121. The van der Waals surface area contributed by atoms with Gasteiger partial charge in [-0.2, -0.15) is 0 Å². The summed E-state index contributed by atoms with van der Waals surface area (Å²) in [5.41, 5.74) is 2.96. The van der Waals surface area contributed by atoms with E-state index in [0.717, 1.165) is 0 Å². The molecule has 4 heteroatoms. The van der Waals surface area contributed by atoms with Crippen molar-refractivity contribution in [1.82, 2.24) is 0 Å². The molecule has 0 amide bonds. The van der Waals surface area contributed by atoms with Gasteiger partial charge in [0.1, 0.15) is 0 Å². The predicted octanol–water partition coefficient (Wildman–Crippen LogP) is 0.399. The van der Waals surface area contributed by atoms with Crippen LogP contribution in [0.5, 0.6) is 0 Å². The van der Waals surface area contributed by atoms with Crippen molar-refractivity contribution in [1.29, 1.82) is 0 Å². The lowest BCUT2D eigenvalue weighted by atomic mass is 10.3. The molecule has 0 aromatic rings. The number of halogens is 1. The van der Waals surface area contributed by atoms with Crippen LogP contribution in [-0.4, -0.2) is 16.9 Å². The standard InChI is InChI=1S/C4H7NOS.ClH/c5-3-1-2-7-4(3)6;/h3H,1-2,5H2;1H/t3-;/m0./s1/i1D2,2D2;.